The summed E-state index contributed by atoms with van der Waals surface area (Å²) in [5.41, 5.74) is 5.73. The number of hydrogen-bond acceptors (Lipinski definition) is 2. The van der Waals surface area contributed by atoms with Crippen molar-refractivity contribution in [1.82, 2.24) is 4.90 Å². The standard InChI is InChI=1S/C9H22N2.H2S/c1-7(2)11(8(3)4)6-9(5)10;/h7-9H,6,10H2,1-5H3;1H2/t9-;/m0./s1. The van der Waals surface area contributed by atoms with Gasteiger partial charge in [0.05, 0.1) is 0 Å². The predicted molar refractivity (Wildman–Crippen MR) is 61.0 cm³/mol. The highest BCUT2D eigenvalue weighted by molar-refractivity contribution is 7.59. The van der Waals surface area contributed by atoms with Crippen LogP contribution in [0.4, 0.5) is 0 Å². The highest BCUT2D eigenvalue weighted by atomic mass is 32.1. The first kappa shape index (κ1) is 14.8. The lowest BCUT2D eigenvalue weighted by atomic mass is 10.2. The van der Waals surface area contributed by atoms with Gasteiger partial charge < -0.3 is 5.73 Å². The fourth-order valence-corrected chi connectivity index (χ4v) is 1.35. The van der Waals surface area contributed by atoms with E-state index in [1.807, 2.05) is 0 Å². The van der Waals surface area contributed by atoms with Gasteiger partial charge in [-0.25, -0.2) is 0 Å². The summed E-state index contributed by atoms with van der Waals surface area (Å²) in [4.78, 5) is 2.41. The van der Waals surface area contributed by atoms with E-state index in [2.05, 4.69) is 39.5 Å². The number of nitrogens with zero attached hydrogens (tertiary/aromatic N) is 1. The Morgan fingerprint density at radius 2 is 1.33 bits per heavy atom. The van der Waals surface area contributed by atoms with Gasteiger partial charge in [-0.1, -0.05) is 0 Å². The summed E-state index contributed by atoms with van der Waals surface area (Å²) in [6.07, 6.45) is 0. The molecule has 0 aliphatic carbocycles. The Morgan fingerprint density at radius 1 is 1.00 bits per heavy atom. The van der Waals surface area contributed by atoms with Crippen molar-refractivity contribution < 1.29 is 0 Å². The summed E-state index contributed by atoms with van der Waals surface area (Å²) in [6.45, 7) is 11.9. The van der Waals surface area contributed by atoms with Gasteiger partial charge in [0.1, 0.15) is 0 Å². The molecule has 1 atom stereocenters. The van der Waals surface area contributed by atoms with E-state index in [4.69, 9.17) is 5.73 Å². The van der Waals surface area contributed by atoms with Crippen LogP contribution in [0.2, 0.25) is 0 Å². The van der Waals surface area contributed by atoms with Crippen LogP contribution in [0.3, 0.4) is 0 Å². The third-order valence-electron chi connectivity index (χ3n) is 1.83. The van der Waals surface area contributed by atoms with E-state index in [1.165, 1.54) is 0 Å². The summed E-state index contributed by atoms with van der Waals surface area (Å²) < 4.78 is 0. The average molecular weight is 192 g/mol. The van der Waals surface area contributed by atoms with Crippen molar-refractivity contribution >= 4 is 13.5 Å². The third-order valence-corrected chi connectivity index (χ3v) is 1.83. The fourth-order valence-electron chi connectivity index (χ4n) is 1.35. The molecule has 0 saturated carbocycles. The summed E-state index contributed by atoms with van der Waals surface area (Å²) in [6, 6.07) is 1.47. The molecule has 0 rings (SSSR count). The predicted octanol–water partition coefficient (Wildman–Crippen LogP) is 1.57. The van der Waals surface area contributed by atoms with Crippen LogP contribution < -0.4 is 5.73 Å². The molecule has 2 nitrogen and oxygen atoms in total. The molecule has 76 valence electrons. The first-order valence-electron chi connectivity index (χ1n) is 4.46. The molecule has 0 aliphatic heterocycles. The van der Waals surface area contributed by atoms with Crippen molar-refractivity contribution in [3.8, 4) is 0 Å². The number of rotatable bonds is 4. The van der Waals surface area contributed by atoms with Gasteiger partial charge in [0.25, 0.3) is 0 Å². The third kappa shape index (κ3) is 5.86. The molecular formula is C9H24N2S. The summed E-state index contributed by atoms with van der Waals surface area (Å²) in [5.74, 6) is 0. The summed E-state index contributed by atoms with van der Waals surface area (Å²) in [5, 5.41) is 0. The van der Waals surface area contributed by atoms with Crippen LogP contribution in [0.1, 0.15) is 34.6 Å². The molecule has 0 fully saturated rings. The Kier molecular flexibility index (Phi) is 8.31. The molecule has 3 heteroatoms. The topological polar surface area (TPSA) is 29.3 Å². The average Bonchev–Trinajstić information content (AvgIpc) is 1.81. The van der Waals surface area contributed by atoms with E-state index >= 15 is 0 Å². The van der Waals surface area contributed by atoms with Crippen LogP contribution in [-0.4, -0.2) is 29.6 Å². The molecule has 0 radical (unpaired) electrons. The van der Waals surface area contributed by atoms with Crippen LogP contribution in [0, 0.1) is 0 Å². The zero-order chi connectivity index (χ0) is 9.02. The maximum Gasteiger partial charge on any atom is 0.0139 e. The van der Waals surface area contributed by atoms with Crippen LogP contribution in [0.5, 0.6) is 0 Å². The minimum atomic E-state index is 0. The van der Waals surface area contributed by atoms with Crippen molar-refractivity contribution in [2.24, 2.45) is 5.73 Å². The van der Waals surface area contributed by atoms with Crippen LogP contribution in [-0.2, 0) is 0 Å². The van der Waals surface area contributed by atoms with E-state index in [1.54, 1.807) is 0 Å². The van der Waals surface area contributed by atoms with Crippen molar-refractivity contribution in [2.75, 3.05) is 6.54 Å². The van der Waals surface area contributed by atoms with Gasteiger partial charge in [0, 0.05) is 24.7 Å². The van der Waals surface area contributed by atoms with Crippen LogP contribution in [0.15, 0.2) is 0 Å². The van der Waals surface area contributed by atoms with Crippen molar-refractivity contribution in [3.63, 3.8) is 0 Å². The molecule has 0 amide bonds. The Bertz CT molecular complexity index is 94.7. The zero-order valence-corrected chi connectivity index (χ0v) is 9.96. The largest absolute Gasteiger partial charge is 0.327 e. The Labute approximate surface area is 84.0 Å². The molecule has 0 aromatic rings. The van der Waals surface area contributed by atoms with E-state index in [0.717, 1.165) is 6.54 Å². The molecule has 0 heterocycles. The van der Waals surface area contributed by atoms with Gasteiger partial charge in [-0.2, -0.15) is 13.5 Å². The van der Waals surface area contributed by atoms with Crippen molar-refractivity contribution in [2.45, 2.75) is 52.7 Å². The zero-order valence-electron chi connectivity index (χ0n) is 8.96. The van der Waals surface area contributed by atoms with Crippen LogP contribution >= 0.6 is 13.5 Å². The summed E-state index contributed by atoms with van der Waals surface area (Å²) >= 11 is 0. The summed E-state index contributed by atoms with van der Waals surface area (Å²) in [7, 11) is 0. The molecule has 12 heavy (non-hydrogen) atoms. The van der Waals surface area contributed by atoms with Gasteiger partial charge in [-0.05, 0) is 34.6 Å². The molecule has 2 N–H and O–H groups in total. The maximum atomic E-state index is 5.73. The lowest BCUT2D eigenvalue weighted by Crippen LogP contribution is -2.43. The number of nitrogens with two attached hydrogens (primary N) is 1. The second-order valence-electron chi connectivity index (χ2n) is 3.86. The maximum absolute atomic E-state index is 5.73. The molecule has 0 saturated heterocycles. The Morgan fingerprint density at radius 3 is 1.42 bits per heavy atom. The molecule has 0 aromatic carbocycles. The molecule has 0 aromatic heterocycles. The highest BCUT2D eigenvalue weighted by Gasteiger charge is 2.13. The quantitative estimate of drug-likeness (QED) is 0.732. The number of hydrogen-bond donors (Lipinski definition) is 1. The molecule has 0 unspecified atom stereocenters. The SMILES string of the molecule is CC(C)N(C[C@H](C)N)C(C)C.S. The molecule has 0 aliphatic rings. The molecule has 0 bridgehead atoms. The van der Waals surface area contributed by atoms with E-state index in [9.17, 15) is 0 Å². The van der Waals surface area contributed by atoms with E-state index < -0.39 is 0 Å². The van der Waals surface area contributed by atoms with Crippen LogP contribution in [0.25, 0.3) is 0 Å². The molecule has 0 spiro atoms. The van der Waals surface area contributed by atoms with Crippen molar-refractivity contribution in [3.05, 3.63) is 0 Å². The van der Waals surface area contributed by atoms with Gasteiger partial charge >= 0.3 is 0 Å². The normalized spacial score (nSPS) is 13.8. The smallest absolute Gasteiger partial charge is 0.0139 e. The minimum Gasteiger partial charge on any atom is -0.327 e. The van der Waals surface area contributed by atoms with E-state index in [-0.39, 0.29) is 19.5 Å². The first-order valence-corrected chi connectivity index (χ1v) is 4.46. The van der Waals surface area contributed by atoms with Gasteiger partial charge in [0.15, 0.2) is 0 Å². The van der Waals surface area contributed by atoms with E-state index in [0.29, 0.717) is 12.1 Å². The van der Waals surface area contributed by atoms with Gasteiger partial charge in [-0.15, -0.1) is 0 Å². The lowest BCUT2D eigenvalue weighted by Gasteiger charge is -2.31. The van der Waals surface area contributed by atoms with Crippen molar-refractivity contribution in [1.29, 1.82) is 0 Å². The monoisotopic (exact) mass is 192 g/mol. The minimum absolute atomic E-state index is 0. The van der Waals surface area contributed by atoms with Gasteiger partial charge in [0.2, 0.25) is 0 Å². The van der Waals surface area contributed by atoms with Gasteiger partial charge in [-0.3, -0.25) is 4.90 Å². The first-order chi connectivity index (χ1) is 4.95. The lowest BCUT2D eigenvalue weighted by molar-refractivity contribution is 0.167. The Hall–Kier alpha value is 0.270. The second kappa shape index (κ2) is 6.75. The molecular weight excluding hydrogens is 168 g/mol. The highest BCUT2D eigenvalue weighted by Crippen LogP contribution is 2.04. The Balaban J connectivity index is 0. The fraction of sp³-hybridized carbons (Fsp3) is 1.00. The second-order valence-corrected chi connectivity index (χ2v) is 3.86.